The Kier molecular flexibility index (Phi) is 9.58. The molecule has 6 nitrogen and oxygen atoms in total. The van der Waals surface area contributed by atoms with Crippen LogP contribution in [0.25, 0.3) is 6.08 Å². The third-order valence-corrected chi connectivity index (χ3v) is 8.05. The number of anilines is 1. The summed E-state index contributed by atoms with van der Waals surface area (Å²) in [5.74, 6) is -1.87. The van der Waals surface area contributed by atoms with Gasteiger partial charge in [-0.25, -0.2) is 0 Å². The second kappa shape index (κ2) is 12.8. The van der Waals surface area contributed by atoms with Crippen LogP contribution in [0.3, 0.4) is 0 Å². The van der Waals surface area contributed by atoms with E-state index in [2.05, 4.69) is 5.32 Å². The molecule has 0 radical (unpaired) electrons. The van der Waals surface area contributed by atoms with Crippen LogP contribution >= 0.6 is 11.8 Å². The number of carboxylic acid groups (broad SMARTS) is 1. The van der Waals surface area contributed by atoms with E-state index in [4.69, 9.17) is 9.84 Å². The number of carboxylic acids is 1. The Morgan fingerprint density at radius 3 is 2.22 bits per heavy atom. The SMILES string of the molecule is O=C(O)C1CCC(Nc2cccc(Sc3ccc(/C=C/C(=O)N4CCOCC4)c(C(F)(F)F)c3C(F)(F)F)c2)CC1. The normalized spacial score (nSPS) is 20.3. The summed E-state index contributed by atoms with van der Waals surface area (Å²) >= 11 is 0.557. The second-order valence-corrected chi connectivity index (χ2v) is 10.9. The maximum Gasteiger partial charge on any atom is 0.418 e. The summed E-state index contributed by atoms with van der Waals surface area (Å²) in [5.41, 5.74) is -3.87. The topological polar surface area (TPSA) is 78.9 Å². The quantitative estimate of drug-likeness (QED) is 0.268. The van der Waals surface area contributed by atoms with Crippen molar-refractivity contribution in [1.82, 2.24) is 4.90 Å². The third kappa shape index (κ3) is 7.97. The summed E-state index contributed by atoms with van der Waals surface area (Å²) in [7, 11) is 0. The van der Waals surface area contributed by atoms with Crippen molar-refractivity contribution < 1.29 is 45.8 Å². The van der Waals surface area contributed by atoms with Gasteiger partial charge >= 0.3 is 18.3 Å². The summed E-state index contributed by atoms with van der Waals surface area (Å²) in [6.45, 7) is 0.993. The summed E-state index contributed by atoms with van der Waals surface area (Å²) in [4.78, 5) is 24.6. The molecule has 1 saturated heterocycles. The van der Waals surface area contributed by atoms with E-state index in [-0.39, 0.29) is 32.3 Å². The fourth-order valence-corrected chi connectivity index (χ4v) is 6.00. The first-order valence-electron chi connectivity index (χ1n) is 13.0. The summed E-state index contributed by atoms with van der Waals surface area (Å²) in [5, 5.41) is 12.4. The Hall–Kier alpha value is -3.19. The van der Waals surface area contributed by atoms with E-state index in [1.807, 2.05) is 0 Å². The van der Waals surface area contributed by atoms with Gasteiger partial charge in [0.05, 0.1) is 30.3 Å². The predicted molar refractivity (Wildman–Crippen MR) is 140 cm³/mol. The number of ether oxygens (including phenoxy) is 1. The molecule has 222 valence electrons. The first-order chi connectivity index (χ1) is 19.3. The lowest BCUT2D eigenvalue weighted by atomic mass is 9.86. The van der Waals surface area contributed by atoms with Gasteiger partial charge in [-0.1, -0.05) is 23.9 Å². The van der Waals surface area contributed by atoms with Crippen LogP contribution in [0.4, 0.5) is 32.0 Å². The van der Waals surface area contributed by atoms with Gasteiger partial charge in [-0.3, -0.25) is 9.59 Å². The molecular formula is C28H28F6N2O4S. The number of hydrogen-bond acceptors (Lipinski definition) is 5. The van der Waals surface area contributed by atoms with Gasteiger partial charge in [0.1, 0.15) is 0 Å². The highest BCUT2D eigenvalue weighted by Crippen LogP contribution is 2.48. The van der Waals surface area contributed by atoms with Gasteiger partial charge in [0.25, 0.3) is 0 Å². The first kappa shape index (κ1) is 30.8. The maximum absolute atomic E-state index is 14.2. The number of morpholine rings is 1. The molecule has 0 bridgehead atoms. The van der Waals surface area contributed by atoms with Crippen LogP contribution in [0, 0.1) is 5.92 Å². The molecule has 1 aliphatic carbocycles. The standard InChI is InChI=1S/C28H28F6N2O4S/c29-27(30,31)24-17(7-11-23(37)36-12-14-40-15-13-36)6-10-22(25(24)28(32,33)34)41-21-3-1-2-20(16-21)35-19-8-4-18(5-9-19)26(38)39/h1-3,6-7,10-11,16,18-19,35H,4-5,8-9,12-15H2,(H,38,39)/b11-7+. The number of rotatable bonds is 7. The second-order valence-electron chi connectivity index (χ2n) is 9.83. The third-order valence-electron chi connectivity index (χ3n) is 7.00. The van der Waals surface area contributed by atoms with Gasteiger partial charge in [0.15, 0.2) is 0 Å². The first-order valence-corrected chi connectivity index (χ1v) is 13.8. The number of hydrogen-bond donors (Lipinski definition) is 2. The van der Waals surface area contributed by atoms with E-state index >= 15 is 0 Å². The highest BCUT2D eigenvalue weighted by atomic mass is 32.2. The number of carbonyl (C=O) groups excluding carboxylic acids is 1. The maximum atomic E-state index is 14.2. The molecule has 1 heterocycles. The Morgan fingerprint density at radius 1 is 0.951 bits per heavy atom. The molecule has 1 aliphatic heterocycles. The fourth-order valence-electron chi connectivity index (χ4n) is 4.96. The minimum Gasteiger partial charge on any atom is -0.481 e. The highest BCUT2D eigenvalue weighted by Gasteiger charge is 2.46. The van der Waals surface area contributed by atoms with E-state index in [1.54, 1.807) is 18.2 Å². The van der Waals surface area contributed by atoms with Crippen LogP contribution < -0.4 is 5.32 Å². The number of carbonyl (C=O) groups is 2. The number of benzene rings is 2. The number of amides is 1. The molecular weight excluding hydrogens is 574 g/mol. The van der Waals surface area contributed by atoms with E-state index in [0.29, 0.717) is 48.0 Å². The van der Waals surface area contributed by atoms with Gasteiger partial charge in [-0.15, -0.1) is 0 Å². The van der Waals surface area contributed by atoms with Crippen molar-refractivity contribution >= 4 is 35.4 Å². The molecule has 2 aliphatic rings. The van der Waals surface area contributed by atoms with Gasteiger partial charge in [-0.05, 0) is 61.6 Å². The Balaban J connectivity index is 1.60. The predicted octanol–water partition coefficient (Wildman–Crippen LogP) is 6.80. The van der Waals surface area contributed by atoms with E-state index in [0.717, 1.165) is 24.3 Å². The van der Waals surface area contributed by atoms with Crippen molar-refractivity contribution in [3.8, 4) is 0 Å². The van der Waals surface area contributed by atoms with E-state index < -0.39 is 51.7 Å². The molecule has 0 atom stereocenters. The molecule has 2 aromatic carbocycles. The fraction of sp³-hybridized carbons (Fsp3) is 0.429. The van der Waals surface area contributed by atoms with Gasteiger partial charge in [0, 0.05) is 40.7 Å². The summed E-state index contributed by atoms with van der Waals surface area (Å²) < 4.78 is 90.2. The zero-order valence-corrected chi connectivity index (χ0v) is 22.5. The monoisotopic (exact) mass is 602 g/mol. The lowest BCUT2D eigenvalue weighted by Crippen LogP contribution is -2.39. The summed E-state index contributed by atoms with van der Waals surface area (Å²) in [6, 6.07) is 8.22. The van der Waals surface area contributed by atoms with E-state index in [9.17, 15) is 35.9 Å². The van der Waals surface area contributed by atoms with Crippen LogP contribution in [-0.2, 0) is 26.7 Å². The lowest BCUT2D eigenvalue weighted by molar-refractivity contribution is -0.163. The molecule has 1 amide bonds. The Labute approximate surface area is 236 Å². The van der Waals surface area contributed by atoms with Crippen molar-refractivity contribution in [3.63, 3.8) is 0 Å². The van der Waals surface area contributed by atoms with Crippen LogP contribution in [0.5, 0.6) is 0 Å². The number of nitrogens with one attached hydrogen (secondary N) is 1. The Morgan fingerprint density at radius 2 is 1.61 bits per heavy atom. The molecule has 0 spiro atoms. The zero-order valence-electron chi connectivity index (χ0n) is 21.7. The molecule has 0 aromatic heterocycles. The van der Waals surface area contributed by atoms with Crippen LogP contribution in [0.2, 0.25) is 0 Å². The molecule has 2 aromatic rings. The smallest absolute Gasteiger partial charge is 0.418 e. The molecule has 0 unspecified atom stereocenters. The molecule has 1 saturated carbocycles. The van der Waals surface area contributed by atoms with Crippen molar-refractivity contribution in [2.24, 2.45) is 5.92 Å². The van der Waals surface area contributed by atoms with E-state index in [1.165, 1.54) is 11.0 Å². The molecule has 4 rings (SSSR count). The number of nitrogens with zero attached hydrogens (tertiary/aromatic N) is 1. The number of halogens is 6. The zero-order chi connectivity index (χ0) is 29.8. The largest absolute Gasteiger partial charge is 0.481 e. The number of alkyl halides is 6. The van der Waals surface area contributed by atoms with Crippen molar-refractivity contribution in [2.75, 3.05) is 31.6 Å². The molecule has 2 N–H and O–H groups in total. The van der Waals surface area contributed by atoms with Gasteiger partial charge in [-0.2, -0.15) is 26.3 Å². The van der Waals surface area contributed by atoms with Gasteiger partial charge < -0.3 is 20.1 Å². The average Bonchev–Trinajstić information content (AvgIpc) is 2.91. The van der Waals surface area contributed by atoms with Crippen molar-refractivity contribution in [1.29, 1.82) is 0 Å². The lowest BCUT2D eigenvalue weighted by Gasteiger charge is -2.27. The van der Waals surface area contributed by atoms with Crippen LogP contribution in [0.15, 0.2) is 52.3 Å². The van der Waals surface area contributed by atoms with Crippen LogP contribution in [0.1, 0.15) is 42.4 Å². The number of aliphatic carboxylic acids is 1. The molecule has 41 heavy (non-hydrogen) atoms. The average molecular weight is 603 g/mol. The van der Waals surface area contributed by atoms with Crippen LogP contribution in [-0.4, -0.2) is 54.2 Å². The minimum atomic E-state index is -5.35. The molecule has 2 fully saturated rings. The van der Waals surface area contributed by atoms with Gasteiger partial charge in [0.2, 0.25) is 5.91 Å². The van der Waals surface area contributed by atoms with Crippen molar-refractivity contribution in [3.05, 3.63) is 59.2 Å². The summed E-state index contributed by atoms with van der Waals surface area (Å²) in [6.07, 6.45) is -6.86. The minimum absolute atomic E-state index is 0.0281. The van der Waals surface area contributed by atoms with Crippen molar-refractivity contribution in [2.45, 2.75) is 53.9 Å². The molecule has 13 heteroatoms. The highest BCUT2D eigenvalue weighted by molar-refractivity contribution is 7.99. The Bertz CT molecular complexity index is 1280.